The molecule has 4 aromatic rings. The van der Waals surface area contributed by atoms with E-state index in [0.717, 1.165) is 55.8 Å². The average Bonchev–Trinajstić information content (AvgIpc) is 3.24. The molecule has 2 aliphatic rings. The Morgan fingerprint density at radius 2 is 1.68 bits per heavy atom. The van der Waals surface area contributed by atoms with Gasteiger partial charge in [-0.3, -0.25) is 14.5 Å². The summed E-state index contributed by atoms with van der Waals surface area (Å²) in [4.78, 5) is 30.4. The Morgan fingerprint density at radius 1 is 0.902 bits per heavy atom. The Morgan fingerprint density at radius 3 is 2.49 bits per heavy atom. The Hall–Kier alpha value is -4.62. The van der Waals surface area contributed by atoms with Crippen LogP contribution < -0.4 is 20.3 Å². The lowest BCUT2D eigenvalue weighted by atomic mass is 9.96. The van der Waals surface area contributed by atoms with E-state index in [1.807, 2.05) is 30.3 Å². The van der Waals surface area contributed by atoms with Gasteiger partial charge in [0.05, 0.1) is 5.69 Å². The zero-order valence-corrected chi connectivity index (χ0v) is 23.2. The van der Waals surface area contributed by atoms with Crippen LogP contribution in [0.1, 0.15) is 29.3 Å². The fourth-order valence-corrected chi connectivity index (χ4v) is 5.52. The molecule has 1 unspecified atom stereocenters. The third kappa shape index (κ3) is 6.10. The van der Waals surface area contributed by atoms with Crippen LogP contribution in [0.5, 0.6) is 5.75 Å². The molecular formula is C34H34N4O3. The summed E-state index contributed by atoms with van der Waals surface area (Å²) in [7, 11) is 0. The van der Waals surface area contributed by atoms with E-state index in [2.05, 4.69) is 69.0 Å². The van der Waals surface area contributed by atoms with Gasteiger partial charge in [0.1, 0.15) is 5.75 Å². The highest BCUT2D eigenvalue weighted by molar-refractivity contribution is 6.05. The molecule has 7 nitrogen and oxygen atoms in total. The van der Waals surface area contributed by atoms with Crippen molar-refractivity contribution < 1.29 is 14.3 Å². The summed E-state index contributed by atoms with van der Waals surface area (Å²) in [6.07, 6.45) is 0.530. The predicted octanol–water partition coefficient (Wildman–Crippen LogP) is 6.04. The summed E-state index contributed by atoms with van der Waals surface area (Å²) in [6.45, 7) is 6.39. The topological polar surface area (TPSA) is 73.9 Å². The monoisotopic (exact) mass is 546 g/mol. The van der Waals surface area contributed by atoms with Crippen LogP contribution in [0.25, 0.3) is 11.1 Å². The second kappa shape index (κ2) is 11.9. The van der Waals surface area contributed by atoms with Crippen molar-refractivity contribution in [3.63, 3.8) is 0 Å². The number of hydrogen-bond donors (Lipinski definition) is 2. The molecule has 0 spiro atoms. The third-order valence-electron chi connectivity index (χ3n) is 7.72. The van der Waals surface area contributed by atoms with Crippen LogP contribution in [0.15, 0.2) is 97.1 Å². The fourth-order valence-electron chi connectivity index (χ4n) is 5.52. The molecule has 7 heteroatoms. The van der Waals surface area contributed by atoms with E-state index in [0.29, 0.717) is 22.7 Å². The number of hydrogen-bond acceptors (Lipinski definition) is 5. The molecule has 2 N–H and O–H groups in total. The number of fused-ring (bicyclic) bond motifs is 1. The van der Waals surface area contributed by atoms with Crippen molar-refractivity contribution in [2.45, 2.75) is 26.0 Å². The molecule has 0 saturated carbocycles. The number of nitrogens with one attached hydrogen (secondary N) is 2. The first-order valence-electron chi connectivity index (χ1n) is 14.2. The molecule has 2 amide bonds. The quantitative estimate of drug-likeness (QED) is 0.309. The van der Waals surface area contributed by atoms with Gasteiger partial charge in [-0.2, -0.15) is 0 Å². The largest absolute Gasteiger partial charge is 0.479 e. The van der Waals surface area contributed by atoms with Gasteiger partial charge in [0.2, 0.25) is 0 Å². The number of nitrogens with zero attached hydrogens (tertiary/aromatic N) is 2. The molecule has 6 rings (SSSR count). The number of ether oxygens (including phenoxy) is 1. The summed E-state index contributed by atoms with van der Waals surface area (Å²) in [6, 6.07) is 32.2. The smallest absolute Gasteiger partial charge is 0.265 e. The van der Waals surface area contributed by atoms with E-state index in [9.17, 15) is 9.59 Å². The minimum atomic E-state index is -0.546. The molecule has 0 bridgehead atoms. The van der Waals surface area contributed by atoms with Gasteiger partial charge >= 0.3 is 0 Å². The number of carbonyl (C=O) groups excluding carboxylic acids is 2. The maximum atomic E-state index is 13.4. The third-order valence-corrected chi connectivity index (χ3v) is 7.72. The predicted molar refractivity (Wildman–Crippen MR) is 164 cm³/mol. The first-order chi connectivity index (χ1) is 20.0. The van der Waals surface area contributed by atoms with E-state index in [1.165, 1.54) is 5.69 Å². The number of amides is 2. The van der Waals surface area contributed by atoms with Gasteiger partial charge < -0.3 is 20.3 Å². The maximum absolute atomic E-state index is 13.4. The van der Waals surface area contributed by atoms with Gasteiger partial charge in [0.15, 0.2) is 6.10 Å². The molecule has 2 aliphatic heterocycles. The fraction of sp³-hybridized carbons (Fsp3) is 0.235. The molecule has 1 fully saturated rings. The van der Waals surface area contributed by atoms with Crippen LogP contribution in [-0.4, -0.2) is 49.0 Å². The molecule has 1 atom stereocenters. The Labute approximate surface area is 240 Å². The lowest BCUT2D eigenvalue weighted by molar-refractivity contribution is -0.122. The molecule has 0 aromatic heterocycles. The maximum Gasteiger partial charge on any atom is 0.265 e. The highest BCUT2D eigenvalue weighted by atomic mass is 16.5. The zero-order chi connectivity index (χ0) is 28.2. The Kier molecular flexibility index (Phi) is 7.69. The van der Waals surface area contributed by atoms with Crippen molar-refractivity contribution in [1.29, 1.82) is 0 Å². The SMILES string of the molecule is CC1Oc2ccc(NC(=O)c3ccc(-c4ccccc4)c(CN4CCCN(c5ccccc5)CC4)c3)cc2NC1=O. The Balaban J connectivity index is 1.22. The summed E-state index contributed by atoms with van der Waals surface area (Å²) in [5, 5.41) is 5.83. The second-order valence-corrected chi connectivity index (χ2v) is 10.6. The first-order valence-corrected chi connectivity index (χ1v) is 14.2. The van der Waals surface area contributed by atoms with Gasteiger partial charge in [-0.1, -0.05) is 54.6 Å². The van der Waals surface area contributed by atoms with Crippen molar-refractivity contribution in [2.24, 2.45) is 0 Å². The minimum Gasteiger partial charge on any atom is -0.479 e. The normalized spacial score (nSPS) is 17.1. The summed E-state index contributed by atoms with van der Waals surface area (Å²) >= 11 is 0. The first kappa shape index (κ1) is 26.6. The summed E-state index contributed by atoms with van der Waals surface area (Å²) < 4.78 is 5.64. The van der Waals surface area contributed by atoms with Crippen LogP contribution in [-0.2, 0) is 11.3 Å². The van der Waals surface area contributed by atoms with Crippen LogP contribution in [0, 0.1) is 0 Å². The molecule has 0 aliphatic carbocycles. The molecule has 208 valence electrons. The lowest BCUT2D eigenvalue weighted by Crippen LogP contribution is -2.34. The van der Waals surface area contributed by atoms with Crippen molar-refractivity contribution in [2.75, 3.05) is 41.7 Å². The van der Waals surface area contributed by atoms with Crippen molar-refractivity contribution in [3.05, 3.63) is 108 Å². The van der Waals surface area contributed by atoms with E-state index in [-0.39, 0.29) is 11.8 Å². The van der Waals surface area contributed by atoms with Gasteiger partial charge in [-0.05, 0) is 72.5 Å². The summed E-state index contributed by atoms with van der Waals surface area (Å²) in [5.74, 6) is 0.184. The number of para-hydroxylation sites is 1. The summed E-state index contributed by atoms with van der Waals surface area (Å²) in [5.41, 5.74) is 6.39. The van der Waals surface area contributed by atoms with E-state index in [1.54, 1.807) is 25.1 Å². The van der Waals surface area contributed by atoms with E-state index < -0.39 is 6.10 Å². The number of benzene rings is 4. The molecule has 0 radical (unpaired) electrons. The van der Waals surface area contributed by atoms with Crippen LogP contribution in [0.3, 0.4) is 0 Å². The van der Waals surface area contributed by atoms with Gasteiger partial charge in [0.25, 0.3) is 11.8 Å². The van der Waals surface area contributed by atoms with Gasteiger partial charge in [0, 0.05) is 49.7 Å². The highest BCUT2D eigenvalue weighted by Gasteiger charge is 2.24. The van der Waals surface area contributed by atoms with Gasteiger partial charge in [-0.25, -0.2) is 0 Å². The average molecular weight is 547 g/mol. The van der Waals surface area contributed by atoms with Crippen LogP contribution in [0.4, 0.5) is 17.1 Å². The zero-order valence-electron chi connectivity index (χ0n) is 23.2. The molecule has 2 heterocycles. The lowest BCUT2D eigenvalue weighted by Gasteiger charge is -2.24. The standard InChI is InChI=1S/C34H34N4O3/c1-24-33(39)36-31-22-28(14-16-32(31)41-24)35-34(40)26-13-15-30(25-9-4-2-5-10-25)27(21-26)23-37-17-8-18-38(20-19-37)29-11-6-3-7-12-29/h2-7,9-16,21-22,24H,8,17-20,23H2,1H3,(H,35,40)(H,36,39). The molecule has 41 heavy (non-hydrogen) atoms. The van der Waals surface area contributed by atoms with E-state index >= 15 is 0 Å². The second-order valence-electron chi connectivity index (χ2n) is 10.6. The van der Waals surface area contributed by atoms with Gasteiger partial charge in [-0.15, -0.1) is 0 Å². The molecule has 1 saturated heterocycles. The Bertz CT molecular complexity index is 1540. The van der Waals surface area contributed by atoms with Crippen LogP contribution >= 0.6 is 0 Å². The van der Waals surface area contributed by atoms with Crippen molar-refractivity contribution in [1.82, 2.24) is 4.90 Å². The number of rotatable bonds is 6. The molecule has 4 aromatic carbocycles. The minimum absolute atomic E-state index is 0.201. The van der Waals surface area contributed by atoms with Crippen molar-refractivity contribution in [3.8, 4) is 16.9 Å². The number of anilines is 3. The van der Waals surface area contributed by atoms with E-state index in [4.69, 9.17) is 4.74 Å². The van der Waals surface area contributed by atoms with Crippen molar-refractivity contribution >= 4 is 28.9 Å². The van der Waals surface area contributed by atoms with Crippen LogP contribution in [0.2, 0.25) is 0 Å². The molecular weight excluding hydrogens is 512 g/mol. The number of carbonyl (C=O) groups is 2. The highest BCUT2D eigenvalue weighted by Crippen LogP contribution is 2.33.